The molecule has 2 unspecified atom stereocenters. The molecule has 1 heterocycles. The van der Waals surface area contributed by atoms with Crippen LogP contribution in [0.4, 0.5) is 5.69 Å². The van der Waals surface area contributed by atoms with Gasteiger partial charge < -0.3 is 11.1 Å². The lowest BCUT2D eigenvalue weighted by molar-refractivity contribution is -0.121. The van der Waals surface area contributed by atoms with Gasteiger partial charge in [0.05, 0.1) is 6.42 Å². The molecular weight excluding hydrogens is 406 g/mol. The number of anilines is 1. The van der Waals surface area contributed by atoms with E-state index in [4.69, 9.17) is 5.73 Å². The molecule has 2 aromatic rings. The summed E-state index contributed by atoms with van der Waals surface area (Å²) in [5.74, 6) is 0.343. The molecule has 0 saturated heterocycles. The molecule has 9 heteroatoms. The molecular formula is C18H24ClN3O3S2. The quantitative estimate of drug-likeness (QED) is 0.629. The van der Waals surface area contributed by atoms with Crippen molar-refractivity contribution in [1.29, 1.82) is 0 Å². The molecule has 3 rings (SSSR count). The maximum atomic E-state index is 12.2. The predicted octanol–water partition coefficient (Wildman–Crippen LogP) is 2.76. The zero-order valence-corrected chi connectivity index (χ0v) is 17.2. The lowest BCUT2D eigenvalue weighted by atomic mass is 10.0. The van der Waals surface area contributed by atoms with Crippen molar-refractivity contribution in [3.8, 4) is 0 Å². The topological polar surface area (TPSA) is 101 Å². The van der Waals surface area contributed by atoms with Crippen LogP contribution in [0.5, 0.6) is 0 Å². The van der Waals surface area contributed by atoms with Gasteiger partial charge in [0, 0.05) is 11.7 Å². The molecule has 1 fully saturated rings. The Morgan fingerprint density at radius 3 is 2.56 bits per heavy atom. The summed E-state index contributed by atoms with van der Waals surface area (Å²) in [7, 11) is -3.55. The van der Waals surface area contributed by atoms with E-state index < -0.39 is 10.0 Å². The van der Waals surface area contributed by atoms with Crippen molar-refractivity contribution in [2.75, 3.05) is 11.3 Å². The van der Waals surface area contributed by atoms with E-state index in [1.807, 2.05) is 0 Å². The summed E-state index contributed by atoms with van der Waals surface area (Å²) < 4.78 is 27.2. The number of nitrogens with one attached hydrogen (secondary N) is 2. The summed E-state index contributed by atoms with van der Waals surface area (Å²) in [5.41, 5.74) is 7.06. The molecule has 1 aliphatic rings. The second kappa shape index (κ2) is 9.54. The summed E-state index contributed by atoms with van der Waals surface area (Å²) in [6, 6.07) is 10.3. The molecule has 0 radical (unpaired) electrons. The third-order valence-electron chi connectivity index (χ3n) is 4.64. The summed E-state index contributed by atoms with van der Waals surface area (Å²) in [6.07, 6.45) is 3.43. The van der Waals surface area contributed by atoms with Crippen LogP contribution in [0.1, 0.15) is 24.8 Å². The van der Waals surface area contributed by atoms with Crippen molar-refractivity contribution < 1.29 is 13.2 Å². The van der Waals surface area contributed by atoms with Crippen molar-refractivity contribution >= 4 is 45.4 Å². The first-order valence-electron chi connectivity index (χ1n) is 8.62. The Balaban J connectivity index is 0.00000261. The fourth-order valence-electron chi connectivity index (χ4n) is 3.26. The van der Waals surface area contributed by atoms with E-state index in [0.29, 0.717) is 18.2 Å². The number of nitrogens with two attached hydrogens (primary N) is 1. The largest absolute Gasteiger partial charge is 0.353 e. The Morgan fingerprint density at radius 2 is 1.93 bits per heavy atom. The molecule has 1 aromatic heterocycles. The smallest absolute Gasteiger partial charge is 0.271 e. The maximum Gasteiger partial charge on any atom is 0.271 e. The van der Waals surface area contributed by atoms with Gasteiger partial charge in [0.1, 0.15) is 4.21 Å². The number of hydrogen-bond donors (Lipinski definition) is 3. The first kappa shape index (κ1) is 21.7. The van der Waals surface area contributed by atoms with Crippen molar-refractivity contribution in [2.24, 2.45) is 11.7 Å². The number of benzene rings is 1. The molecule has 0 spiro atoms. The van der Waals surface area contributed by atoms with Crippen LogP contribution in [0.15, 0.2) is 46.0 Å². The lowest BCUT2D eigenvalue weighted by Crippen LogP contribution is -2.40. The fourth-order valence-corrected chi connectivity index (χ4v) is 5.32. The number of sulfonamides is 1. The van der Waals surface area contributed by atoms with Gasteiger partial charge >= 0.3 is 0 Å². The highest BCUT2D eigenvalue weighted by atomic mass is 35.5. The summed E-state index contributed by atoms with van der Waals surface area (Å²) in [6.45, 7) is 0.601. The van der Waals surface area contributed by atoms with Crippen molar-refractivity contribution in [3.63, 3.8) is 0 Å². The van der Waals surface area contributed by atoms with E-state index in [9.17, 15) is 13.2 Å². The van der Waals surface area contributed by atoms with E-state index >= 15 is 0 Å². The van der Waals surface area contributed by atoms with Gasteiger partial charge in [0.25, 0.3) is 10.0 Å². The highest BCUT2D eigenvalue weighted by Crippen LogP contribution is 2.25. The highest BCUT2D eigenvalue weighted by Gasteiger charge is 2.27. The Labute approximate surface area is 170 Å². The minimum Gasteiger partial charge on any atom is -0.353 e. The Bertz CT molecular complexity index is 839. The van der Waals surface area contributed by atoms with Crippen LogP contribution in [0.3, 0.4) is 0 Å². The standard InChI is InChI=1S/C18H23N3O3S2.ClH/c19-12-14-3-1-4-16(14)20-17(22)11-13-6-8-15(9-7-13)21-26(23,24)18-5-2-10-25-18;/h2,5-10,14,16,21H,1,3-4,11-12,19H2,(H,20,22);1H. The number of carbonyl (C=O) groups is 1. The van der Waals surface area contributed by atoms with Gasteiger partial charge in [-0.25, -0.2) is 8.42 Å². The second-order valence-corrected chi connectivity index (χ2v) is 9.37. The van der Waals surface area contributed by atoms with Gasteiger partial charge in [-0.3, -0.25) is 9.52 Å². The highest BCUT2D eigenvalue weighted by molar-refractivity contribution is 7.94. The summed E-state index contributed by atoms with van der Waals surface area (Å²) in [5, 5.41) is 4.79. The number of thiophene rings is 1. The van der Waals surface area contributed by atoms with Crippen molar-refractivity contribution in [2.45, 2.75) is 35.9 Å². The van der Waals surface area contributed by atoms with Gasteiger partial charge in [-0.15, -0.1) is 23.7 Å². The van der Waals surface area contributed by atoms with Crippen molar-refractivity contribution in [3.05, 3.63) is 47.3 Å². The van der Waals surface area contributed by atoms with Crippen molar-refractivity contribution in [1.82, 2.24) is 5.32 Å². The van der Waals surface area contributed by atoms with Crippen LogP contribution in [-0.2, 0) is 21.2 Å². The molecule has 0 aliphatic heterocycles. The normalized spacial score (nSPS) is 19.3. The Morgan fingerprint density at radius 1 is 1.19 bits per heavy atom. The molecule has 1 saturated carbocycles. The van der Waals surface area contributed by atoms with E-state index in [1.54, 1.807) is 41.8 Å². The van der Waals surface area contributed by atoms with Crippen LogP contribution in [0.2, 0.25) is 0 Å². The molecule has 27 heavy (non-hydrogen) atoms. The fraction of sp³-hybridized carbons (Fsp3) is 0.389. The number of halogens is 1. The van der Waals surface area contributed by atoms with Crippen LogP contribution in [-0.4, -0.2) is 26.9 Å². The van der Waals surface area contributed by atoms with E-state index in [0.717, 1.165) is 24.8 Å². The predicted molar refractivity (Wildman–Crippen MR) is 111 cm³/mol. The average molecular weight is 430 g/mol. The molecule has 1 aliphatic carbocycles. The number of hydrogen-bond acceptors (Lipinski definition) is 5. The molecule has 4 N–H and O–H groups in total. The summed E-state index contributed by atoms with van der Waals surface area (Å²) in [4.78, 5) is 12.2. The van der Waals surface area contributed by atoms with Crippen LogP contribution < -0.4 is 15.8 Å². The molecule has 1 aromatic carbocycles. The minimum absolute atomic E-state index is 0. The van der Waals surface area contributed by atoms with Crippen LogP contribution in [0, 0.1) is 5.92 Å². The monoisotopic (exact) mass is 429 g/mol. The first-order chi connectivity index (χ1) is 12.5. The van der Waals surface area contributed by atoms with Gasteiger partial charge in [0.15, 0.2) is 0 Å². The number of rotatable bonds is 7. The minimum atomic E-state index is -3.55. The maximum absolute atomic E-state index is 12.2. The van der Waals surface area contributed by atoms with E-state index in [2.05, 4.69) is 10.0 Å². The third-order valence-corrected chi connectivity index (χ3v) is 7.42. The van der Waals surface area contributed by atoms with Gasteiger partial charge in [-0.1, -0.05) is 24.6 Å². The SMILES string of the molecule is Cl.NCC1CCCC1NC(=O)Cc1ccc(NS(=O)(=O)c2cccs2)cc1. The van der Waals surface area contributed by atoms with E-state index in [1.165, 1.54) is 11.3 Å². The zero-order chi connectivity index (χ0) is 18.6. The van der Waals surface area contributed by atoms with Gasteiger partial charge in [-0.05, 0) is 54.4 Å². The Hall–Kier alpha value is -1.61. The average Bonchev–Trinajstić information content (AvgIpc) is 3.28. The molecule has 148 valence electrons. The number of amides is 1. The molecule has 0 bridgehead atoms. The summed E-state index contributed by atoms with van der Waals surface area (Å²) >= 11 is 1.17. The molecule has 1 amide bonds. The van der Waals surface area contributed by atoms with Crippen LogP contribution in [0.25, 0.3) is 0 Å². The Kier molecular flexibility index (Phi) is 7.67. The van der Waals surface area contributed by atoms with Gasteiger partial charge in [-0.2, -0.15) is 0 Å². The molecule has 6 nitrogen and oxygen atoms in total. The second-order valence-electron chi connectivity index (χ2n) is 6.51. The zero-order valence-electron chi connectivity index (χ0n) is 14.8. The number of carbonyl (C=O) groups excluding carboxylic acids is 1. The van der Waals surface area contributed by atoms with Crippen LogP contribution >= 0.6 is 23.7 Å². The van der Waals surface area contributed by atoms with E-state index in [-0.39, 0.29) is 35.0 Å². The lowest BCUT2D eigenvalue weighted by Gasteiger charge is -2.19. The third kappa shape index (κ3) is 5.68. The molecule has 2 atom stereocenters. The first-order valence-corrected chi connectivity index (χ1v) is 11.0. The van der Waals surface area contributed by atoms with Gasteiger partial charge in [0.2, 0.25) is 5.91 Å².